The highest BCUT2D eigenvalue weighted by atomic mass is 79.9. The van der Waals surface area contributed by atoms with Crippen LogP contribution < -0.4 is 4.74 Å². The molecule has 0 unspecified atom stereocenters. The fourth-order valence-corrected chi connectivity index (χ4v) is 1.61. The summed E-state index contributed by atoms with van der Waals surface area (Å²) in [6.45, 7) is 1.98. The van der Waals surface area contributed by atoms with Crippen LogP contribution in [0, 0.1) is 18.3 Å². The van der Waals surface area contributed by atoms with Gasteiger partial charge < -0.3 is 4.74 Å². The maximum absolute atomic E-state index is 8.93. The first-order chi connectivity index (χ1) is 8.20. The van der Waals surface area contributed by atoms with Crippen LogP contribution in [0.1, 0.15) is 11.1 Å². The van der Waals surface area contributed by atoms with Crippen LogP contribution in [0.5, 0.6) is 11.5 Å². The molecule has 84 valence electrons. The van der Waals surface area contributed by atoms with Crippen LogP contribution >= 0.6 is 15.9 Å². The van der Waals surface area contributed by atoms with Gasteiger partial charge in [0.1, 0.15) is 11.8 Å². The van der Waals surface area contributed by atoms with Crippen molar-refractivity contribution in [1.82, 2.24) is 4.98 Å². The minimum Gasteiger partial charge on any atom is -0.454 e. The van der Waals surface area contributed by atoms with Crippen LogP contribution in [0.25, 0.3) is 0 Å². The largest absolute Gasteiger partial charge is 0.454 e. The third-order valence-corrected chi connectivity index (χ3v) is 3.15. The highest BCUT2D eigenvalue weighted by molar-refractivity contribution is 9.10. The number of hydrogen-bond acceptors (Lipinski definition) is 3. The van der Waals surface area contributed by atoms with E-state index in [-0.39, 0.29) is 0 Å². The van der Waals surface area contributed by atoms with E-state index in [0.29, 0.717) is 17.1 Å². The SMILES string of the molecule is Cc1cc(Oc2cnccc2C#N)ccc1Br. The third kappa shape index (κ3) is 2.63. The molecular weight excluding hydrogens is 280 g/mol. The molecule has 0 aliphatic rings. The van der Waals surface area contributed by atoms with Crippen LogP contribution in [0.2, 0.25) is 0 Å². The van der Waals surface area contributed by atoms with Crippen molar-refractivity contribution in [2.24, 2.45) is 0 Å². The zero-order valence-corrected chi connectivity index (χ0v) is 10.7. The molecule has 2 aromatic rings. The Morgan fingerprint density at radius 3 is 2.88 bits per heavy atom. The van der Waals surface area contributed by atoms with Crippen molar-refractivity contribution >= 4 is 15.9 Å². The molecule has 4 heteroatoms. The van der Waals surface area contributed by atoms with Crippen molar-refractivity contribution in [2.45, 2.75) is 6.92 Å². The smallest absolute Gasteiger partial charge is 0.163 e. The predicted octanol–water partition coefficient (Wildman–Crippen LogP) is 3.82. The average Bonchev–Trinajstić information content (AvgIpc) is 2.34. The van der Waals surface area contributed by atoms with Crippen molar-refractivity contribution in [3.05, 3.63) is 52.3 Å². The van der Waals surface area contributed by atoms with E-state index in [0.717, 1.165) is 10.0 Å². The van der Waals surface area contributed by atoms with Crippen molar-refractivity contribution in [2.75, 3.05) is 0 Å². The first-order valence-electron chi connectivity index (χ1n) is 4.99. The Balaban J connectivity index is 2.32. The molecule has 3 nitrogen and oxygen atoms in total. The van der Waals surface area contributed by atoms with Gasteiger partial charge in [-0.05, 0) is 36.8 Å². The van der Waals surface area contributed by atoms with E-state index in [4.69, 9.17) is 10.00 Å². The number of aromatic nitrogens is 1. The first-order valence-corrected chi connectivity index (χ1v) is 5.78. The Morgan fingerprint density at radius 2 is 2.18 bits per heavy atom. The van der Waals surface area contributed by atoms with E-state index in [1.165, 1.54) is 6.20 Å². The number of halogens is 1. The van der Waals surface area contributed by atoms with Crippen molar-refractivity contribution in [1.29, 1.82) is 5.26 Å². The standard InChI is InChI=1S/C13H9BrN2O/c1-9-6-11(2-3-12(9)14)17-13-8-16-5-4-10(13)7-15/h2-6,8H,1H3. The third-order valence-electron chi connectivity index (χ3n) is 2.26. The molecule has 2 rings (SSSR count). The van der Waals surface area contributed by atoms with Gasteiger partial charge in [0.05, 0.1) is 11.8 Å². The van der Waals surface area contributed by atoms with Gasteiger partial charge in [-0.1, -0.05) is 15.9 Å². The number of benzene rings is 1. The fourth-order valence-electron chi connectivity index (χ4n) is 1.36. The molecule has 1 aromatic heterocycles. The van der Waals surface area contributed by atoms with E-state index in [1.54, 1.807) is 12.3 Å². The van der Waals surface area contributed by atoms with Gasteiger partial charge in [0.2, 0.25) is 0 Å². The number of nitrogens with zero attached hydrogens (tertiary/aromatic N) is 2. The average molecular weight is 289 g/mol. The van der Waals surface area contributed by atoms with Crippen molar-refractivity contribution in [3.8, 4) is 17.6 Å². The van der Waals surface area contributed by atoms with Gasteiger partial charge in [-0.15, -0.1) is 0 Å². The lowest BCUT2D eigenvalue weighted by molar-refractivity contribution is 0.478. The molecule has 0 aliphatic heterocycles. The second-order valence-corrected chi connectivity index (χ2v) is 4.35. The maximum Gasteiger partial charge on any atom is 0.163 e. The Morgan fingerprint density at radius 1 is 1.35 bits per heavy atom. The van der Waals surface area contributed by atoms with Gasteiger partial charge in [-0.2, -0.15) is 5.26 Å². The Kier molecular flexibility index (Phi) is 3.40. The van der Waals surface area contributed by atoms with Crippen molar-refractivity contribution in [3.63, 3.8) is 0 Å². The van der Waals surface area contributed by atoms with E-state index in [1.807, 2.05) is 25.1 Å². The van der Waals surface area contributed by atoms with E-state index >= 15 is 0 Å². The lowest BCUT2D eigenvalue weighted by Crippen LogP contribution is -1.90. The second kappa shape index (κ2) is 4.98. The van der Waals surface area contributed by atoms with Gasteiger partial charge in [-0.25, -0.2) is 0 Å². The fraction of sp³-hybridized carbons (Fsp3) is 0.0769. The van der Waals surface area contributed by atoms with E-state index in [9.17, 15) is 0 Å². The molecule has 0 saturated heterocycles. The predicted molar refractivity (Wildman–Crippen MR) is 67.9 cm³/mol. The summed E-state index contributed by atoms with van der Waals surface area (Å²) in [4.78, 5) is 3.94. The zero-order chi connectivity index (χ0) is 12.3. The molecular formula is C13H9BrN2O. The zero-order valence-electron chi connectivity index (χ0n) is 9.14. The molecule has 0 saturated carbocycles. The maximum atomic E-state index is 8.93. The van der Waals surface area contributed by atoms with Gasteiger partial charge in [-0.3, -0.25) is 4.98 Å². The molecule has 0 radical (unpaired) electrons. The quantitative estimate of drug-likeness (QED) is 0.844. The Labute approximate surface area is 108 Å². The number of hydrogen-bond donors (Lipinski definition) is 0. The molecule has 0 spiro atoms. The Hall–Kier alpha value is -1.86. The Bertz CT molecular complexity index is 590. The van der Waals surface area contributed by atoms with Crippen LogP contribution in [-0.2, 0) is 0 Å². The highest BCUT2D eigenvalue weighted by Gasteiger charge is 2.05. The van der Waals surface area contributed by atoms with E-state index in [2.05, 4.69) is 27.0 Å². The molecule has 0 atom stereocenters. The molecule has 1 heterocycles. The topological polar surface area (TPSA) is 45.9 Å². The van der Waals surface area contributed by atoms with E-state index < -0.39 is 0 Å². The van der Waals surface area contributed by atoms with Crippen LogP contribution in [0.4, 0.5) is 0 Å². The van der Waals surface area contributed by atoms with Gasteiger partial charge in [0, 0.05) is 10.7 Å². The molecule has 0 amide bonds. The van der Waals surface area contributed by atoms with Gasteiger partial charge in [0.15, 0.2) is 5.75 Å². The normalized spacial score (nSPS) is 9.71. The molecule has 17 heavy (non-hydrogen) atoms. The summed E-state index contributed by atoms with van der Waals surface area (Å²) in [6.07, 6.45) is 3.11. The molecule has 0 aliphatic carbocycles. The monoisotopic (exact) mass is 288 g/mol. The van der Waals surface area contributed by atoms with Gasteiger partial charge >= 0.3 is 0 Å². The van der Waals surface area contributed by atoms with Crippen molar-refractivity contribution < 1.29 is 4.74 Å². The summed E-state index contributed by atoms with van der Waals surface area (Å²) < 4.78 is 6.65. The first kappa shape index (κ1) is 11.6. The molecule has 0 N–H and O–H groups in total. The lowest BCUT2D eigenvalue weighted by Gasteiger charge is -2.07. The highest BCUT2D eigenvalue weighted by Crippen LogP contribution is 2.27. The number of ether oxygens (including phenoxy) is 1. The number of nitriles is 1. The van der Waals surface area contributed by atoms with Gasteiger partial charge in [0.25, 0.3) is 0 Å². The minimum atomic E-state index is 0.469. The summed E-state index contributed by atoms with van der Waals surface area (Å²) in [5, 5.41) is 8.93. The second-order valence-electron chi connectivity index (χ2n) is 3.50. The summed E-state index contributed by atoms with van der Waals surface area (Å²) in [6, 6.07) is 9.34. The van der Waals surface area contributed by atoms with Crippen LogP contribution in [-0.4, -0.2) is 4.98 Å². The number of aryl methyl sites for hydroxylation is 1. The summed E-state index contributed by atoms with van der Waals surface area (Å²) in [7, 11) is 0. The number of rotatable bonds is 2. The summed E-state index contributed by atoms with van der Waals surface area (Å²) in [5.41, 5.74) is 1.55. The summed E-state index contributed by atoms with van der Waals surface area (Å²) in [5.74, 6) is 1.16. The molecule has 0 bridgehead atoms. The number of pyridine rings is 1. The lowest BCUT2D eigenvalue weighted by atomic mass is 10.2. The minimum absolute atomic E-state index is 0.469. The van der Waals surface area contributed by atoms with Crippen LogP contribution in [0.15, 0.2) is 41.1 Å². The molecule has 0 fully saturated rings. The summed E-state index contributed by atoms with van der Waals surface area (Å²) >= 11 is 3.42. The van der Waals surface area contributed by atoms with Crippen LogP contribution in [0.3, 0.4) is 0 Å². The molecule has 1 aromatic carbocycles.